The van der Waals surface area contributed by atoms with E-state index in [1.165, 1.54) is 24.3 Å². The Morgan fingerprint density at radius 2 is 1.64 bits per heavy atom. The number of non-ortho nitro benzene ring substituents is 1. The third-order valence-electron chi connectivity index (χ3n) is 6.71. The fourth-order valence-electron chi connectivity index (χ4n) is 4.95. The molecule has 0 aromatic heterocycles. The molecule has 0 unspecified atom stereocenters. The number of carbonyl (C=O) groups is 2. The van der Waals surface area contributed by atoms with Gasteiger partial charge in [-0.1, -0.05) is 56.2 Å². The summed E-state index contributed by atoms with van der Waals surface area (Å²) < 4.78 is 0. The lowest BCUT2D eigenvalue weighted by Crippen LogP contribution is -2.47. The summed E-state index contributed by atoms with van der Waals surface area (Å²) in [5.41, 5.74) is 2.79. The first kappa shape index (κ1) is 25.1. The van der Waals surface area contributed by atoms with Gasteiger partial charge in [0.15, 0.2) is 0 Å². The minimum absolute atomic E-state index is 0.0633. The number of hydrogen-bond acceptors (Lipinski definition) is 4. The molecule has 0 saturated heterocycles. The molecule has 0 aliphatic carbocycles. The number of carbonyl (C=O) groups excluding carboxylic acids is 2. The van der Waals surface area contributed by atoms with E-state index in [4.69, 9.17) is 0 Å². The average Bonchev–Trinajstić information content (AvgIpc) is 2.89. The van der Waals surface area contributed by atoms with E-state index < -0.39 is 4.92 Å². The van der Waals surface area contributed by atoms with Crippen LogP contribution in [0.15, 0.2) is 78.9 Å². The van der Waals surface area contributed by atoms with Crippen molar-refractivity contribution < 1.29 is 14.5 Å². The molecule has 1 aliphatic heterocycles. The molecule has 1 heterocycles. The van der Waals surface area contributed by atoms with E-state index in [2.05, 4.69) is 6.92 Å². The lowest BCUT2D eigenvalue weighted by atomic mass is 9.89. The first-order valence-electron chi connectivity index (χ1n) is 12.5. The van der Waals surface area contributed by atoms with Crippen LogP contribution in [-0.2, 0) is 4.79 Å². The first-order chi connectivity index (χ1) is 17.4. The van der Waals surface area contributed by atoms with Crippen LogP contribution < -0.4 is 9.80 Å². The number of amides is 2. The summed E-state index contributed by atoms with van der Waals surface area (Å²) in [7, 11) is 0. The Balaban J connectivity index is 1.75. The lowest BCUT2D eigenvalue weighted by Gasteiger charge is -2.43. The topological polar surface area (TPSA) is 83.8 Å². The zero-order valence-corrected chi connectivity index (χ0v) is 20.7. The van der Waals surface area contributed by atoms with Gasteiger partial charge in [0.05, 0.1) is 11.0 Å². The molecule has 3 aromatic rings. The Hall–Kier alpha value is -4.00. The summed E-state index contributed by atoms with van der Waals surface area (Å²) >= 11 is 0. The maximum Gasteiger partial charge on any atom is 0.269 e. The molecular weight excluding hydrogens is 454 g/mol. The van der Waals surface area contributed by atoms with Crippen molar-refractivity contribution in [2.75, 3.05) is 9.80 Å². The van der Waals surface area contributed by atoms with Gasteiger partial charge in [-0.15, -0.1) is 0 Å². The predicted molar refractivity (Wildman–Crippen MR) is 141 cm³/mol. The number of anilines is 2. The van der Waals surface area contributed by atoms with E-state index in [-0.39, 0.29) is 29.6 Å². The van der Waals surface area contributed by atoms with E-state index in [0.717, 1.165) is 36.2 Å². The number of nitro groups is 1. The minimum atomic E-state index is -0.478. The van der Waals surface area contributed by atoms with Gasteiger partial charge >= 0.3 is 0 Å². The summed E-state index contributed by atoms with van der Waals surface area (Å²) in [5.74, 6) is -0.138. The number of para-hydroxylation sites is 2. The van der Waals surface area contributed by atoms with Crippen molar-refractivity contribution in [2.24, 2.45) is 0 Å². The van der Waals surface area contributed by atoms with Gasteiger partial charge in [-0.2, -0.15) is 0 Å². The van der Waals surface area contributed by atoms with Crippen LogP contribution in [0.4, 0.5) is 17.1 Å². The maximum absolute atomic E-state index is 13.9. The van der Waals surface area contributed by atoms with Gasteiger partial charge in [0, 0.05) is 41.5 Å². The van der Waals surface area contributed by atoms with E-state index in [9.17, 15) is 19.7 Å². The van der Waals surface area contributed by atoms with Gasteiger partial charge in [0.1, 0.15) is 0 Å². The highest BCUT2D eigenvalue weighted by atomic mass is 16.6. The Labute approximate surface area is 211 Å². The highest BCUT2D eigenvalue weighted by Crippen LogP contribution is 2.43. The van der Waals surface area contributed by atoms with E-state index in [1.807, 2.05) is 66.4 Å². The Bertz CT molecular complexity index is 1230. The van der Waals surface area contributed by atoms with Crippen LogP contribution in [-0.4, -0.2) is 22.8 Å². The van der Waals surface area contributed by atoms with E-state index in [1.54, 1.807) is 4.90 Å². The number of hydrogen-bond donors (Lipinski definition) is 0. The molecule has 0 radical (unpaired) electrons. The molecule has 4 rings (SSSR count). The van der Waals surface area contributed by atoms with Gasteiger partial charge in [0.25, 0.3) is 11.6 Å². The van der Waals surface area contributed by atoms with Crippen LogP contribution in [0.3, 0.4) is 0 Å². The van der Waals surface area contributed by atoms with Crippen molar-refractivity contribution in [2.45, 2.75) is 58.0 Å². The van der Waals surface area contributed by atoms with Gasteiger partial charge < -0.3 is 9.80 Å². The molecule has 0 fully saturated rings. The van der Waals surface area contributed by atoms with Crippen molar-refractivity contribution >= 4 is 28.9 Å². The SMILES string of the molecule is CCCCCC(=O)N1c2ccccc2[C@H](N(C(=O)c2ccc([N+](=O)[O-])cc2)c2ccccc2)C[C@@H]1C. The number of unbranched alkanes of at least 4 members (excludes halogenated alkanes) is 2. The first-order valence-corrected chi connectivity index (χ1v) is 12.5. The average molecular weight is 486 g/mol. The van der Waals surface area contributed by atoms with Gasteiger partial charge in [-0.3, -0.25) is 19.7 Å². The number of rotatable bonds is 8. The monoisotopic (exact) mass is 485 g/mol. The highest BCUT2D eigenvalue weighted by molar-refractivity contribution is 6.07. The van der Waals surface area contributed by atoms with Crippen LogP contribution in [0.5, 0.6) is 0 Å². The van der Waals surface area contributed by atoms with Crippen molar-refractivity contribution in [3.05, 3.63) is 100 Å². The second-order valence-corrected chi connectivity index (χ2v) is 9.19. The van der Waals surface area contributed by atoms with E-state index in [0.29, 0.717) is 18.4 Å². The number of fused-ring (bicyclic) bond motifs is 1. The standard InChI is InChI=1S/C29H31N3O4/c1-3-4-6-15-28(33)30-21(2)20-27(25-13-9-10-14-26(25)30)31(23-11-7-5-8-12-23)29(34)22-16-18-24(19-17-22)32(35)36/h5,7-14,16-19,21,27H,3-4,6,15,20H2,1-2H3/t21-,27+/m0/s1. The van der Waals surface area contributed by atoms with Crippen LogP contribution in [0.25, 0.3) is 0 Å². The van der Waals surface area contributed by atoms with Crippen molar-refractivity contribution in [1.29, 1.82) is 0 Å². The van der Waals surface area contributed by atoms with Gasteiger partial charge in [-0.05, 0) is 55.7 Å². The smallest absolute Gasteiger partial charge is 0.269 e. The zero-order chi connectivity index (χ0) is 25.7. The van der Waals surface area contributed by atoms with Crippen LogP contribution in [0.2, 0.25) is 0 Å². The number of benzene rings is 3. The Morgan fingerprint density at radius 1 is 0.972 bits per heavy atom. The summed E-state index contributed by atoms with van der Waals surface area (Å²) in [4.78, 5) is 41.4. The fourth-order valence-corrected chi connectivity index (χ4v) is 4.95. The summed E-state index contributed by atoms with van der Waals surface area (Å²) in [6.07, 6.45) is 4.01. The number of nitrogens with zero attached hydrogens (tertiary/aromatic N) is 3. The summed E-state index contributed by atoms with van der Waals surface area (Å²) in [6, 6.07) is 22.5. The van der Waals surface area contributed by atoms with Crippen molar-refractivity contribution in [3.63, 3.8) is 0 Å². The maximum atomic E-state index is 13.9. The minimum Gasteiger partial charge on any atom is -0.309 e. The Kier molecular flexibility index (Phi) is 7.78. The molecule has 1 aliphatic rings. The van der Waals surface area contributed by atoms with Crippen molar-refractivity contribution in [1.82, 2.24) is 0 Å². The molecule has 3 aromatic carbocycles. The largest absolute Gasteiger partial charge is 0.309 e. The molecule has 0 saturated carbocycles. The van der Waals surface area contributed by atoms with Crippen LogP contribution >= 0.6 is 0 Å². The molecule has 7 nitrogen and oxygen atoms in total. The third kappa shape index (κ3) is 5.15. The normalized spacial score (nSPS) is 16.8. The van der Waals surface area contributed by atoms with Crippen molar-refractivity contribution in [3.8, 4) is 0 Å². The fraction of sp³-hybridized carbons (Fsp3) is 0.310. The third-order valence-corrected chi connectivity index (χ3v) is 6.71. The van der Waals surface area contributed by atoms with E-state index >= 15 is 0 Å². The van der Waals surface area contributed by atoms with Gasteiger partial charge in [-0.25, -0.2) is 0 Å². The highest BCUT2D eigenvalue weighted by Gasteiger charge is 2.38. The molecule has 186 valence electrons. The van der Waals surface area contributed by atoms with Crippen LogP contribution in [0, 0.1) is 10.1 Å². The summed E-state index contributed by atoms with van der Waals surface area (Å²) in [5, 5.41) is 11.1. The summed E-state index contributed by atoms with van der Waals surface area (Å²) in [6.45, 7) is 4.15. The van der Waals surface area contributed by atoms with Gasteiger partial charge in [0.2, 0.25) is 5.91 Å². The molecule has 2 amide bonds. The number of nitro benzene ring substituents is 1. The molecule has 2 atom stereocenters. The second kappa shape index (κ2) is 11.2. The molecule has 7 heteroatoms. The second-order valence-electron chi connectivity index (χ2n) is 9.19. The predicted octanol–water partition coefficient (Wildman–Crippen LogP) is 6.69. The molecule has 0 bridgehead atoms. The molecule has 0 spiro atoms. The zero-order valence-electron chi connectivity index (χ0n) is 20.7. The molecule has 36 heavy (non-hydrogen) atoms. The molecule has 0 N–H and O–H groups in total. The molecular formula is C29H31N3O4. The van der Waals surface area contributed by atoms with Crippen LogP contribution in [0.1, 0.15) is 67.9 Å². The quantitative estimate of drug-likeness (QED) is 0.202. The Morgan fingerprint density at radius 3 is 2.31 bits per heavy atom. The lowest BCUT2D eigenvalue weighted by molar-refractivity contribution is -0.384.